The summed E-state index contributed by atoms with van der Waals surface area (Å²) < 4.78 is 56.6. The van der Waals surface area contributed by atoms with Crippen LogP contribution >= 0.6 is 11.8 Å². The Morgan fingerprint density at radius 2 is 2.02 bits per heavy atom. The number of aromatic nitrogens is 1. The summed E-state index contributed by atoms with van der Waals surface area (Å²) >= 11 is 0.414. The lowest BCUT2D eigenvalue weighted by atomic mass is 9.38. The van der Waals surface area contributed by atoms with Crippen molar-refractivity contribution >= 4 is 34.2 Å². The molecule has 6 rings (SSSR count). The first kappa shape index (κ1) is 31.6. The first-order chi connectivity index (χ1) is 21.3. The van der Waals surface area contributed by atoms with Crippen molar-refractivity contribution in [3.05, 3.63) is 71.9 Å². The minimum Gasteiger partial charge on any atom is -0.457 e. The summed E-state index contributed by atoms with van der Waals surface area (Å²) in [6.07, 6.45) is 5.36. The van der Waals surface area contributed by atoms with Crippen LogP contribution in [0.5, 0.6) is 0 Å². The molecule has 0 amide bonds. The number of carbonyl (C=O) groups is 2. The van der Waals surface area contributed by atoms with Crippen LogP contribution < -0.4 is 5.73 Å². The summed E-state index contributed by atoms with van der Waals surface area (Å²) in [5.41, 5.74) is 0.766. The van der Waals surface area contributed by atoms with Crippen LogP contribution in [-0.2, 0) is 9.53 Å². The highest BCUT2D eigenvalue weighted by Gasteiger charge is 2.80. The van der Waals surface area contributed by atoms with Crippen LogP contribution in [0, 0.1) is 28.1 Å². The van der Waals surface area contributed by atoms with Gasteiger partial charge in [0.25, 0.3) is 0 Å². The van der Waals surface area contributed by atoms with Crippen molar-refractivity contribution in [3.63, 3.8) is 0 Å². The molecular weight excluding hydrogens is 607 g/mol. The van der Waals surface area contributed by atoms with Crippen molar-refractivity contribution in [2.45, 2.75) is 76.7 Å². The summed E-state index contributed by atoms with van der Waals surface area (Å²) in [4.78, 5) is 35.2. The molecule has 45 heavy (non-hydrogen) atoms. The zero-order valence-electron chi connectivity index (χ0n) is 25.3. The maximum Gasteiger partial charge on any atom is 0.375 e. The topological polar surface area (TPSA) is 128 Å². The number of halogens is 3. The number of aliphatic hydroxyl groups excluding tert-OH is 1. The number of hydrogen-bond acceptors (Lipinski definition) is 9. The van der Waals surface area contributed by atoms with E-state index in [0.717, 1.165) is 5.57 Å². The zero-order chi connectivity index (χ0) is 32.4. The number of thioether (sulfide) groups is 1. The maximum atomic E-state index is 18.4. The van der Waals surface area contributed by atoms with Crippen molar-refractivity contribution < 1.29 is 37.0 Å². The van der Waals surface area contributed by atoms with Crippen LogP contribution in [0.4, 0.5) is 18.9 Å². The van der Waals surface area contributed by atoms with Crippen molar-refractivity contribution in [2.24, 2.45) is 32.9 Å². The van der Waals surface area contributed by atoms with E-state index in [0.29, 0.717) is 48.0 Å². The number of ether oxygens (including phenoxy) is 1. The van der Waals surface area contributed by atoms with E-state index in [1.807, 2.05) is 6.92 Å². The van der Waals surface area contributed by atoms with Gasteiger partial charge in [-0.1, -0.05) is 26.3 Å². The lowest BCUT2D eigenvalue weighted by Crippen LogP contribution is -2.74. The number of alkyl halides is 2. The molecule has 7 atom stereocenters. The Balaban J connectivity index is 1.43. The molecule has 3 saturated carbocycles. The standard InChI is InChI=1S/C33H36F3N3O5S/c1-29-10-8-20-13-22(39-21-6-7-26(35)38-17-21)19(16-37)14-30(20,2)33(29,36)25(40)15-31(3)24(29)9-11-32(31,28(42)45-18-34)44-27(41)23-5-4-12-43-23/h4-7,12-13,16-17,24-25,40H,8-11,14-15,18,37H2,1-3H3/t24-,25-,29-,30-,31-,32?,33+/m0/s1. The first-order valence-corrected chi connectivity index (χ1v) is 16.0. The van der Waals surface area contributed by atoms with Gasteiger partial charge in [0.15, 0.2) is 11.3 Å². The number of hydrogen-bond donors (Lipinski definition) is 2. The molecule has 4 aliphatic carbocycles. The number of rotatable bonds is 5. The van der Waals surface area contributed by atoms with E-state index >= 15 is 4.39 Å². The van der Waals surface area contributed by atoms with Crippen molar-refractivity contribution in [1.82, 2.24) is 4.98 Å². The van der Waals surface area contributed by atoms with Gasteiger partial charge in [0.1, 0.15) is 6.01 Å². The molecule has 0 aliphatic heterocycles. The molecule has 3 N–H and O–H groups in total. The van der Waals surface area contributed by atoms with Crippen LogP contribution in [0.3, 0.4) is 0 Å². The molecule has 8 nitrogen and oxygen atoms in total. The maximum absolute atomic E-state index is 18.4. The average molecular weight is 644 g/mol. The predicted octanol–water partition coefficient (Wildman–Crippen LogP) is 6.54. The number of nitrogens with two attached hydrogens (primary N) is 1. The van der Waals surface area contributed by atoms with E-state index in [-0.39, 0.29) is 25.0 Å². The Kier molecular flexibility index (Phi) is 7.63. The zero-order valence-corrected chi connectivity index (χ0v) is 26.1. The van der Waals surface area contributed by atoms with Crippen LogP contribution in [0.2, 0.25) is 0 Å². The second-order valence-corrected chi connectivity index (χ2v) is 14.2. The normalized spacial score (nSPS) is 39.1. The summed E-state index contributed by atoms with van der Waals surface area (Å²) in [6, 6.07) is 4.59. The van der Waals surface area contributed by atoms with Crippen LogP contribution in [0.25, 0.3) is 0 Å². The third kappa shape index (κ3) is 4.31. The molecule has 0 radical (unpaired) electrons. The van der Waals surface area contributed by atoms with Gasteiger partial charge >= 0.3 is 5.97 Å². The fourth-order valence-corrected chi connectivity index (χ4v) is 10.0. The second-order valence-electron chi connectivity index (χ2n) is 13.3. The molecule has 2 heterocycles. The number of carbonyl (C=O) groups excluding carboxylic acids is 2. The highest BCUT2D eigenvalue weighted by atomic mass is 32.2. The molecule has 2 aromatic heterocycles. The molecule has 0 spiro atoms. The van der Waals surface area contributed by atoms with Gasteiger partial charge in [0, 0.05) is 16.2 Å². The van der Waals surface area contributed by atoms with Crippen molar-refractivity contribution in [3.8, 4) is 0 Å². The van der Waals surface area contributed by atoms with Gasteiger partial charge in [-0.15, -0.1) is 0 Å². The summed E-state index contributed by atoms with van der Waals surface area (Å²) in [6.45, 7) is 5.37. The number of fused-ring (bicyclic) bond motifs is 5. The predicted molar refractivity (Wildman–Crippen MR) is 162 cm³/mol. The first-order valence-electron chi connectivity index (χ1n) is 15.0. The van der Waals surface area contributed by atoms with E-state index in [9.17, 15) is 23.5 Å². The third-order valence-electron chi connectivity index (χ3n) is 11.4. The molecule has 0 bridgehead atoms. The highest BCUT2D eigenvalue weighted by molar-refractivity contribution is 8.13. The lowest BCUT2D eigenvalue weighted by molar-refractivity contribution is -0.261. The van der Waals surface area contributed by atoms with Gasteiger partial charge in [-0.3, -0.25) is 4.79 Å². The van der Waals surface area contributed by atoms with Gasteiger partial charge in [0.05, 0.1) is 30.0 Å². The molecule has 240 valence electrons. The number of allylic oxidation sites excluding steroid dienone is 3. The number of nitrogens with zero attached hydrogens (tertiary/aromatic N) is 2. The molecule has 4 aliphatic rings. The Hall–Kier alpha value is -3.38. The molecule has 0 aromatic carbocycles. The Morgan fingerprint density at radius 3 is 2.67 bits per heavy atom. The highest BCUT2D eigenvalue weighted by Crippen LogP contribution is 2.76. The van der Waals surface area contributed by atoms with E-state index in [1.54, 1.807) is 19.9 Å². The molecular formula is C33H36F3N3O5S. The number of esters is 1. The van der Waals surface area contributed by atoms with Gasteiger partial charge < -0.3 is 20.0 Å². The average Bonchev–Trinajstić information content (AvgIpc) is 3.64. The Labute approximate surface area is 263 Å². The van der Waals surface area contributed by atoms with E-state index < -0.39 is 62.6 Å². The van der Waals surface area contributed by atoms with Gasteiger partial charge in [-0.05, 0) is 98.3 Å². The fraction of sp³-hybridized carbons (Fsp3) is 0.515. The van der Waals surface area contributed by atoms with Crippen LogP contribution in [-0.4, -0.2) is 50.3 Å². The summed E-state index contributed by atoms with van der Waals surface area (Å²) in [5, 5.41) is 11.4. The minimum absolute atomic E-state index is 0.0563. The quantitative estimate of drug-likeness (QED) is 0.278. The molecule has 0 saturated heterocycles. The number of aliphatic imine (C=N–C) groups is 1. The monoisotopic (exact) mass is 643 g/mol. The summed E-state index contributed by atoms with van der Waals surface area (Å²) in [7, 11) is 0. The number of furan rings is 1. The van der Waals surface area contributed by atoms with Gasteiger partial charge in [0.2, 0.25) is 16.8 Å². The van der Waals surface area contributed by atoms with Gasteiger partial charge in [-0.2, -0.15) is 4.39 Å². The van der Waals surface area contributed by atoms with Crippen LogP contribution in [0.1, 0.15) is 69.9 Å². The largest absolute Gasteiger partial charge is 0.457 e. The van der Waals surface area contributed by atoms with Gasteiger partial charge in [-0.25, -0.2) is 23.6 Å². The Bertz CT molecular complexity index is 1610. The molecule has 2 aromatic rings. The van der Waals surface area contributed by atoms with E-state index in [1.165, 1.54) is 42.9 Å². The number of pyridine rings is 1. The van der Waals surface area contributed by atoms with E-state index in [2.05, 4.69) is 9.98 Å². The minimum atomic E-state index is -2.18. The van der Waals surface area contributed by atoms with E-state index in [4.69, 9.17) is 14.9 Å². The molecule has 3 fully saturated rings. The van der Waals surface area contributed by atoms with Crippen LogP contribution in [0.15, 0.2) is 69.6 Å². The van der Waals surface area contributed by atoms with Crippen molar-refractivity contribution in [2.75, 3.05) is 6.01 Å². The smallest absolute Gasteiger partial charge is 0.375 e. The third-order valence-corrected chi connectivity index (χ3v) is 12.1. The second kappa shape index (κ2) is 10.9. The number of aliphatic hydroxyl groups is 1. The Morgan fingerprint density at radius 1 is 1.24 bits per heavy atom. The molecule has 1 unspecified atom stereocenters. The summed E-state index contributed by atoms with van der Waals surface area (Å²) in [5.74, 6) is -2.13. The lowest BCUT2D eigenvalue weighted by Gasteiger charge is -2.68. The SMILES string of the molecule is C[C@]12C[C@H](O)[C@]3(F)[C@@]4(C)CC(=CN)C(=Nc5ccc(F)nc5)C=C4CC[C@@]3(C)[C@@H]1CCC2(OC(=O)c1ccco1)C(=O)SCF. The fourth-order valence-electron chi connectivity index (χ4n) is 9.33. The van der Waals surface area contributed by atoms with Crippen molar-refractivity contribution in [1.29, 1.82) is 0 Å². The molecule has 12 heteroatoms.